The second-order valence-electron chi connectivity index (χ2n) is 2.30. The Morgan fingerprint density at radius 3 is 2.92 bits per heavy atom. The molecule has 66 valence electrons. The number of carbonyl (C=O) groups is 2. The van der Waals surface area contributed by atoms with Gasteiger partial charge in [-0.25, -0.2) is 4.43 Å². The van der Waals surface area contributed by atoms with Crippen LogP contribution in [0.2, 0.25) is 0 Å². The quantitative estimate of drug-likeness (QED) is 0.241. The Hall–Kier alpha value is -1.44. The number of hydrogen-bond acceptors (Lipinski definition) is 3. The monoisotopic (exact) mass is 210 g/mol. The molecule has 1 aliphatic rings. The van der Waals surface area contributed by atoms with Gasteiger partial charge in [-0.2, -0.15) is 0 Å². The first-order valence-corrected chi connectivity index (χ1v) is 5.75. The summed E-state index contributed by atoms with van der Waals surface area (Å²) in [5, 5.41) is 0.434. The molecule has 0 spiro atoms. The predicted octanol–water partition coefficient (Wildman–Crippen LogP) is -1.70. The summed E-state index contributed by atoms with van der Waals surface area (Å²) in [6, 6.07) is 0. The molecule has 0 saturated heterocycles. The molecule has 0 bridgehead atoms. The summed E-state index contributed by atoms with van der Waals surface area (Å²) < 4.78 is 7.79. The van der Waals surface area contributed by atoms with E-state index in [2.05, 4.69) is 4.43 Å². The Bertz CT molecular complexity index is 355. The normalized spacial score (nSPS) is 15.8. The van der Waals surface area contributed by atoms with Crippen molar-refractivity contribution in [3.8, 4) is 0 Å². The summed E-state index contributed by atoms with van der Waals surface area (Å²) in [4.78, 5) is 21.9. The molecule has 0 aromatic rings. The zero-order valence-electron chi connectivity index (χ0n) is 6.64. The van der Waals surface area contributed by atoms with Gasteiger partial charge < -0.3 is 9.65 Å². The zero-order chi connectivity index (χ0) is 9.68. The van der Waals surface area contributed by atoms with Crippen molar-refractivity contribution in [2.75, 3.05) is 0 Å². The summed E-state index contributed by atoms with van der Waals surface area (Å²) in [6.45, 7) is 0. The fraction of sp³-hybridized carbons (Fsp3) is 0. The van der Waals surface area contributed by atoms with Crippen LogP contribution in [0.5, 0.6) is 0 Å². The minimum Gasteiger partial charge on any atom is -0.554 e. The fourth-order valence-electron chi connectivity index (χ4n) is 0.829. The molecule has 0 heterocycles. The standard InChI is InChI=1S/C6H6N2O3Si2/c7-8-13-11-12-6-3-4(9)1-2-5(6)10/h1-3,13H,12H2. The van der Waals surface area contributed by atoms with Gasteiger partial charge in [0.1, 0.15) is 0 Å². The van der Waals surface area contributed by atoms with Gasteiger partial charge in [0.15, 0.2) is 11.6 Å². The van der Waals surface area contributed by atoms with Crippen LogP contribution in [0.25, 0.3) is 5.53 Å². The Kier molecular flexibility index (Phi) is 3.38. The first-order valence-electron chi connectivity index (χ1n) is 3.48. The summed E-state index contributed by atoms with van der Waals surface area (Å²) in [7, 11) is -2.01. The molecule has 1 aliphatic carbocycles. The van der Waals surface area contributed by atoms with Crippen molar-refractivity contribution in [2.45, 2.75) is 0 Å². The number of hydrogen-bond donors (Lipinski definition) is 0. The number of allylic oxidation sites excluding steroid dienone is 4. The second-order valence-corrected chi connectivity index (χ2v) is 5.13. The largest absolute Gasteiger partial charge is 0.685 e. The molecule has 0 unspecified atom stereocenters. The zero-order valence-corrected chi connectivity index (χ0v) is 9.20. The molecule has 1 rings (SSSR count). The van der Waals surface area contributed by atoms with Crippen molar-refractivity contribution >= 4 is 30.9 Å². The van der Waals surface area contributed by atoms with Crippen molar-refractivity contribution in [3.05, 3.63) is 29.0 Å². The van der Waals surface area contributed by atoms with E-state index < -0.39 is 19.3 Å². The Balaban J connectivity index is 2.62. The maximum Gasteiger partial charge on any atom is 0.685 e. The van der Waals surface area contributed by atoms with Crippen LogP contribution in [0.4, 0.5) is 0 Å². The first-order chi connectivity index (χ1) is 6.24. The molecule has 7 heteroatoms. The number of carbonyl (C=O) groups excluding carboxylic acids is 2. The van der Waals surface area contributed by atoms with Crippen molar-refractivity contribution in [1.82, 2.24) is 4.43 Å². The van der Waals surface area contributed by atoms with Crippen LogP contribution in [-0.4, -0.2) is 30.9 Å². The van der Waals surface area contributed by atoms with Crippen molar-refractivity contribution in [2.24, 2.45) is 0 Å². The molecular weight excluding hydrogens is 204 g/mol. The van der Waals surface area contributed by atoms with Crippen LogP contribution in [-0.2, 0) is 13.7 Å². The highest BCUT2D eigenvalue weighted by Gasteiger charge is 2.14. The van der Waals surface area contributed by atoms with Crippen molar-refractivity contribution in [3.63, 3.8) is 0 Å². The van der Waals surface area contributed by atoms with E-state index in [-0.39, 0.29) is 11.6 Å². The summed E-state index contributed by atoms with van der Waals surface area (Å²) in [5.41, 5.74) is 8.09. The maximum absolute atomic E-state index is 11.1. The smallest absolute Gasteiger partial charge is 0.554 e. The lowest BCUT2D eigenvalue weighted by Crippen LogP contribution is -2.15. The molecule has 0 atom stereocenters. The highest BCUT2D eigenvalue weighted by Crippen LogP contribution is 2.03. The van der Waals surface area contributed by atoms with E-state index in [1.807, 2.05) is 0 Å². The Labute approximate surface area is 78.6 Å². The van der Waals surface area contributed by atoms with E-state index in [0.29, 0.717) is 5.20 Å². The number of ketones is 2. The van der Waals surface area contributed by atoms with Gasteiger partial charge >= 0.3 is 9.56 Å². The van der Waals surface area contributed by atoms with E-state index in [1.165, 1.54) is 18.2 Å². The van der Waals surface area contributed by atoms with Crippen LogP contribution >= 0.6 is 0 Å². The molecule has 0 N–H and O–H groups in total. The van der Waals surface area contributed by atoms with Gasteiger partial charge in [-0.1, -0.05) is 0 Å². The van der Waals surface area contributed by atoms with Gasteiger partial charge in [0.25, 0.3) is 0 Å². The van der Waals surface area contributed by atoms with E-state index in [4.69, 9.17) is 9.65 Å². The summed E-state index contributed by atoms with van der Waals surface area (Å²) in [5.74, 6) is -0.370. The van der Waals surface area contributed by atoms with Crippen molar-refractivity contribution < 1.29 is 13.7 Å². The third-order valence-corrected chi connectivity index (χ3v) is 3.61. The van der Waals surface area contributed by atoms with Gasteiger partial charge in [0.05, 0.1) is 0 Å². The fourth-order valence-corrected chi connectivity index (χ4v) is 2.66. The highest BCUT2D eigenvalue weighted by molar-refractivity contribution is 6.55. The first kappa shape index (κ1) is 9.65. The molecule has 0 aromatic carbocycles. The van der Waals surface area contributed by atoms with Crippen molar-refractivity contribution in [1.29, 1.82) is 0 Å². The number of rotatable bonds is 3. The molecular formula is C6H6N2O3Si2. The summed E-state index contributed by atoms with van der Waals surface area (Å²) in [6.07, 6.45) is 3.74. The lowest BCUT2D eigenvalue weighted by molar-refractivity contribution is -0.114. The Morgan fingerprint density at radius 2 is 2.23 bits per heavy atom. The molecule has 0 fully saturated rings. The topological polar surface area (TPSA) is 79.8 Å². The number of nitrogens with zero attached hydrogens (tertiary/aromatic N) is 2. The molecule has 0 aromatic heterocycles. The lowest BCUT2D eigenvalue weighted by atomic mass is 10.2. The van der Waals surface area contributed by atoms with Gasteiger partial charge in [-0.05, 0) is 18.2 Å². The summed E-state index contributed by atoms with van der Waals surface area (Å²) >= 11 is 0. The average molecular weight is 210 g/mol. The van der Waals surface area contributed by atoms with Crippen LogP contribution in [0.1, 0.15) is 0 Å². The van der Waals surface area contributed by atoms with Gasteiger partial charge in [-0.15, -0.1) is 0 Å². The highest BCUT2D eigenvalue weighted by atomic mass is 28.3. The molecule has 5 nitrogen and oxygen atoms in total. The van der Waals surface area contributed by atoms with Crippen LogP contribution in [0, 0.1) is 0 Å². The van der Waals surface area contributed by atoms with E-state index in [1.54, 1.807) is 0 Å². The molecule has 0 radical (unpaired) electrons. The Morgan fingerprint density at radius 1 is 1.46 bits per heavy atom. The van der Waals surface area contributed by atoms with E-state index in [0.717, 1.165) is 0 Å². The van der Waals surface area contributed by atoms with E-state index >= 15 is 0 Å². The predicted molar refractivity (Wildman–Crippen MR) is 49.5 cm³/mol. The molecule has 0 saturated carbocycles. The molecule has 0 amide bonds. The van der Waals surface area contributed by atoms with Gasteiger partial charge in [0, 0.05) is 5.20 Å². The van der Waals surface area contributed by atoms with Crippen LogP contribution < -0.4 is 4.43 Å². The lowest BCUT2D eigenvalue weighted by Gasteiger charge is -2.02. The minimum atomic E-state index is -1.20. The third kappa shape index (κ3) is 2.82. The third-order valence-electron chi connectivity index (χ3n) is 1.39. The van der Waals surface area contributed by atoms with Gasteiger partial charge in [0.2, 0.25) is 9.76 Å². The average Bonchev–Trinajstić information content (AvgIpc) is 2.11. The molecule has 13 heavy (non-hydrogen) atoms. The minimum absolute atomic E-state index is 0.177. The van der Waals surface area contributed by atoms with Crippen LogP contribution in [0.3, 0.4) is 0 Å². The van der Waals surface area contributed by atoms with Crippen LogP contribution in [0.15, 0.2) is 23.4 Å². The van der Waals surface area contributed by atoms with Gasteiger partial charge in [-0.3, -0.25) is 9.59 Å². The van der Waals surface area contributed by atoms with E-state index in [9.17, 15) is 9.59 Å². The second kappa shape index (κ2) is 4.56. The molecule has 0 aliphatic heterocycles. The maximum atomic E-state index is 11.1. The SMILES string of the molecule is [N-]=[N+]=[SiH]O[SiH2]C1=CC(=O)C=CC1=O.